The molecule has 0 unspecified atom stereocenters. The van der Waals surface area contributed by atoms with E-state index in [0.717, 1.165) is 31.9 Å². The average molecular weight is 252 g/mol. The van der Waals surface area contributed by atoms with E-state index in [4.69, 9.17) is 15.2 Å². The van der Waals surface area contributed by atoms with Crippen molar-refractivity contribution >= 4 is 5.82 Å². The molecule has 0 aromatic carbocycles. The van der Waals surface area contributed by atoms with Gasteiger partial charge < -0.3 is 20.5 Å². The molecule has 1 aliphatic heterocycles. The number of nitrogens with one attached hydrogen (secondary N) is 1. The minimum absolute atomic E-state index is 0.129. The Morgan fingerprint density at radius 2 is 2.22 bits per heavy atom. The van der Waals surface area contributed by atoms with Gasteiger partial charge in [0.15, 0.2) is 0 Å². The third kappa shape index (κ3) is 3.08. The Labute approximate surface area is 107 Å². The second kappa shape index (κ2) is 5.97. The van der Waals surface area contributed by atoms with Crippen molar-refractivity contribution in [3.05, 3.63) is 12.4 Å². The smallest absolute Gasteiger partial charge is 0.218 e. The fraction of sp³-hybridized carbons (Fsp3) is 0.667. The third-order valence-corrected chi connectivity index (χ3v) is 3.17. The highest BCUT2D eigenvalue weighted by Crippen LogP contribution is 2.25. The van der Waals surface area contributed by atoms with Crippen LogP contribution in [0.1, 0.15) is 19.8 Å². The Morgan fingerprint density at radius 3 is 2.89 bits per heavy atom. The van der Waals surface area contributed by atoms with Gasteiger partial charge in [0.25, 0.3) is 0 Å². The summed E-state index contributed by atoms with van der Waals surface area (Å²) in [6.45, 7) is 4.53. The predicted molar refractivity (Wildman–Crippen MR) is 68.7 cm³/mol. The van der Waals surface area contributed by atoms with Crippen LogP contribution in [0.5, 0.6) is 5.88 Å². The zero-order valence-corrected chi connectivity index (χ0v) is 10.7. The number of anilines is 1. The maximum Gasteiger partial charge on any atom is 0.218 e. The molecule has 0 saturated carbocycles. The van der Waals surface area contributed by atoms with Gasteiger partial charge in [-0.1, -0.05) is 0 Å². The van der Waals surface area contributed by atoms with Crippen molar-refractivity contribution in [2.75, 3.05) is 31.7 Å². The SMILES string of the molecule is CCOc1cc(NC2(CN)CCOCC2)ncn1. The highest BCUT2D eigenvalue weighted by atomic mass is 16.5. The molecule has 0 bridgehead atoms. The fourth-order valence-corrected chi connectivity index (χ4v) is 2.05. The molecule has 0 spiro atoms. The van der Waals surface area contributed by atoms with Gasteiger partial charge in [-0.3, -0.25) is 0 Å². The van der Waals surface area contributed by atoms with Crippen LogP contribution in [0.3, 0.4) is 0 Å². The summed E-state index contributed by atoms with van der Waals surface area (Å²) in [5.41, 5.74) is 5.76. The lowest BCUT2D eigenvalue weighted by atomic mass is 9.90. The van der Waals surface area contributed by atoms with Crippen LogP contribution in [0.4, 0.5) is 5.82 Å². The Morgan fingerprint density at radius 1 is 1.44 bits per heavy atom. The van der Waals surface area contributed by atoms with Crippen LogP contribution in [0.25, 0.3) is 0 Å². The van der Waals surface area contributed by atoms with Crippen LogP contribution in [0.15, 0.2) is 12.4 Å². The summed E-state index contributed by atoms with van der Waals surface area (Å²) in [5.74, 6) is 1.33. The first-order valence-electron chi connectivity index (χ1n) is 6.29. The van der Waals surface area contributed by atoms with E-state index >= 15 is 0 Å². The Kier molecular flexibility index (Phi) is 4.33. The minimum Gasteiger partial charge on any atom is -0.478 e. The van der Waals surface area contributed by atoms with Gasteiger partial charge in [-0.25, -0.2) is 9.97 Å². The number of rotatable bonds is 5. The first kappa shape index (κ1) is 13.0. The predicted octanol–water partition coefficient (Wildman–Crippen LogP) is 0.795. The molecule has 0 radical (unpaired) electrons. The molecule has 3 N–H and O–H groups in total. The normalized spacial score (nSPS) is 18.3. The lowest BCUT2D eigenvalue weighted by Gasteiger charge is -2.37. The van der Waals surface area contributed by atoms with E-state index in [9.17, 15) is 0 Å². The van der Waals surface area contributed by atoms with Gasteiger partial charge in [0.1, 0.15) is 12.1 Å². The molecule has 0 aliphatic carbocycles. The lowest BCUT2D eigenvalue weighted by Crippen LogP contribution is -2.49. The number of aromatic nitrogens is 2. The van der Waals surface area contributed by atoms with Crippen LogP contribution in [-0.2, 0) is 4.74 Å². The molecule has 18 heavy (non-hydrogen) atoms. The van der Waals surface area contributed by atoms with Crippen molar-refractivity contribution < 1.29 is 9.47 Å². The number of ether oxygens (including phenoxy) is 2. The molecular formula is C12H20N4O2. The molecule has 1 saturated heterocycles. The van der Waals surface area contributed by atoms with E-state index in [1.807, 2.05) is 6.92 Å². The summed E-state index contributed by atoms with van der Waals surface area (Å²) in [5, 5.41) is 3.41. The standard InChI is InChI=1S/C12H20N4O2/c1-2-18-11-7-10(14-9-15-11)16-12(8-13)3-5-17-6-4-12/h7,9H,2-6,8,13H2,1H3,(H,14,15,16). The van der Waals surface area contributed by atoms with Crippen molar-refractivity contribution in [2.24, 2.45) is 5.73 Å². The minimum atomic E-state index is -0.129. The fourth-order valence-electron chi connectivity index (χ4n) is 2.05. The quantitative estimate of drug-likeness (QED) is 0.806. The highest BCUT2D eigenvalue weighted by molar-refractivity contribution is 5.40. The maximum atomic E-state index is 5.89. The monoisotopic (exact) mass is 252 g/mol. The topological polar surface area (TPSA) is 82.3 Å². The zero-order valence-electron chi connectivity index (χ0n) is 10.7. The van der Waals surface area contributed by atoms with E-state index in [-0.39, 0.29) is 5.54 Å². The second-order valence-electron chi connectivity index (χ2n) is 4.40. The van der Waals surface area contributed by atoms with Gasteiger partial charge in [0.2, 0.25) is 5.88 Å². The van der Waals surface area contributed by atoms with E-state index in [1.54, 1.807) is 6.07 Å². The molecule has 1 aliphatic rings. The summed E-state index contributed by atoms with van der Waals surface area (Å²) in [6.07, 6.45) is 3.27. The first-order chi connectivity index (χ1) is 8.78. The second-order valence-corrected chi connectivity index (χ2v) is 4.40. The summed E-state index contributed by atoms with van der Waals surface area (Å²) in [6, 6.07) is 1.80. The van der Waals surface area contributed by atoms with Gasteiger partial charge >= 0.3 is 0 Å². The van der Waals surface area contributed by atoms with Crippen molar-refractivity contribution in [3.8, 4) is 5.88 Å². The first-order valence-corrected chi connectivity index (χ1v) is 6.29. The van der Waals surface area contributed by atoms with Gasteiger partial charge in [0.05, 0.1) is 12.1 Å². The molecular weight excluding hydrogens is 232 g/mol. The highest BCUT2D eigenvalue weighted by Gasteiger charge is 2.31. The van der Waals surface area contributed by atoms with Crippen molar-refractivity contribution in [1.29, 1.82) is 0 Å². The Balaban J connectivity index is 2.08. The largest absolute Gasteiger partial charge is 0.478 e. The molecule has 6 heteroatoms. The van der Waals surface area contributed by atoms with Crippen LogP contribution >= 0.6 is 0 Å². The van der Waals surface area contributed by atoms with Crippen LogP contribution in [0.2, 0.25) is 0 Å². The van der Waals surface area contributed by atoms with Crippen LogP contribution in [0, 0.1) is 0 Å². The van der Waals surface area contributed by atoms with Gasteiger partial charge in [-0.2, -0.15) is 0 Å². The zero-order chi connectivity index (χ0) is 12.8. The summed E-state index contributed by atoms with van der Waals surface area (Å²) in [4.78, 5) is 8.25. The van der Waals surface area contributed by atoms with E-state index < -0.39 is 0 Å². The molecule has 0 atom stereocenters. The Bertz CT molecular complexity index is 380. The molecule has 0 amide bonds. The van der Waals surface area contributed by atoms with Gasteiger partial charge in [-0.15, -0.1) is 0 Å². The van der Waals surface area contributed by atoms with Crippen LogP contribution < -0.4 is 15.8 Å². The summed E-state index contributed by atoms with van der Waals surface area (Å²) >= 11 is 0. The van der Waals surface area contributed by atoms with Crippen molar-refractivity contribution in [2.45, 2.75) is 25.3 Å². The number of nitrogens with zero attached hydrogens (tertiary/aromatic N) is 2. The number of hydrogen-bond donors (Lipinski definition) is 2. The van der Waals surface area contributed by atoms with Gasteiger partial charge in [0, 0.05) is 25.8 Å². The average Bonchev–Trinajstić information content (AvgIpc) is 2.41. The van der Waals surface area contributed by atoms with E-state index in [1.165, 1.54) is 6.33 Å². The van der Waals surface area contributed by atoms with Crippen molar-refractivity contribution in [3.63, 3.8) is 0 Å². The molecule has 2 heterocycles. The molecule has 1 fully saturated rings. The summed E-state index contributed by atoms with van der Waals surface area (Å²) < 4.78 is 10.7. The Hall–Kier alpha value is -1.40. The molecule has 6 nitrogen and oxygen atoms in total. The molecule has 2 rings (SSSR count). The third-order valence-electron chi connectivity index (χ3n) is 3.17. The number of hydrogen-bond acceptors (Lipinski definition) is 6. The number of nitrogens with two attached hydrogens (primary N) is 1. The van der Waals surface area contributed by atoms with Crippen molar-refractivity contribution in [1.82, 2.24) is 9.97 Å². The van der Waals surface area contributed by atoms with Gasteiger partial charge in [-0.05, 0) is 19.8 Å². The van der Waals surface area contributed by atoms with E-state index in [0.29, 0.717) is 19.0 Å². The summed E-state index contributed by atoms with van der Waals surface area (Å²) in [7, 11) is 0. The lowest BCUT2D eigenvalue weighted by molar-refractivity contribution is 0.0627. The molecule has 100 valence electrons. The van der Waals surface area contributed by atoms with Crippen LogP contribution in [-0.4, -0.2) is 41.9 Å². The molecule has 1 aromatic heterocycles. The molecule has 1 aromatic rings. The maximum absolute atomic E-state index is 5.89. The van der Waals surface area contributed by atoms with E-state index in [2.05, 4.69) is 15.3 Å².